The average molecular weight is 213 g/mol. The van der Waals surface area contributed by atoms with Crippen molar-refractivity contribution in [2.45, 2.75) is 13.3 Å². The first-order valence-corrected chi connectivity index (χ1v) is 4.78. The van der Waals surface area contributed by atoms with Crippen molar-refractivity contribution in [2.24, 2.45) is 0 Å². The van der Waals surface area contributed by atoms with Gasteiger partial charge in [0.25, 0.3) is 5.82 Å². The molecule has 0 saturated heterocycles. The zero-order chi connectivity index (χ0) is 11.3. The topological polar surface area (TPSA) is 68.5 Å². The molecule has 0 bridgehead atoms. The first-order valence-electron chi connectivity index (χ1n) is 4.78. The maximum atomic E-state index is 11.2. The lowest BCUT2D eigenvalue weighted by atomic mass is 10.4. The fourth-order valence-corrected chi connectivity index (χ4v) is 0.954. The quantitative estimate of drug-likeness (QED) is 0.657. The second-order valence-corrected chi connectivity index (χ2v) is 3.29. The molecular weight excluding hydrogens is 198 g/mol. The van der Waals surface area contributed by atoms with Crippen LogP contribution in [-0.4, -0.2) is 48.3 Å². The molecule has 1 aromatic rings. The van der Waals surface area contributed by atoms with Crippen LogP contribution in [0, 0.1) is 0 Å². The number of hydrogen-bond acceptors (Lipinski definition) is 6. The van der Waals surface area contributed by atoms with Crippen molar-refractivity contribution in [3.63, 3.8) is 0 Å². The van der Waals surface area contributed by atoms with Crippen LogP contribution in [-0.2, 0) is 11.2 Å². The molecule has 0 unspecified atom stereocenters. The SMILES string of the molecule is CCOC(=O)c1noc(CCN(C)C)n1. The molecule has 0 fully saturated rings. The van der Waals surface area contributed by atoms with Gasteiger partial charge in [-0.2, -0.15) is 4.98 Å². The van der Waals surface area contributed by atoms with E-state index in [9.17, 15) is 4.79 Å². The summed E-state index contributed by atoms with van der Waals surface area (Å²) in [5, 5.41) is 3.53. The molecule has 0 spiro atoms. The van der Waals surface area contributed by atoms with E-state index in [1.807, 2.05) is 19.0 Å². The van der Waals surface area contributed by atoms with Crippen LogP contribution in [0.15, 0.2) is 4.52 Å². The van der Waals surface area contributed by atoms with Crippen LogP contribution < -0.4 is 0 Å². The molecule has 0 radical (unpaired) electrons. The molecule has 0 aliphatic carbocycles. The van der Waals surface area contributed by atoms with Crippen LogP contribution in [0.5, 0.6) is 0 Å². The summed E-state index contributed by atoms with van der Waals surface area (Å²) in [5.74, 6) is -0.102. The Morgan fingerprint density at radius 1 is 1.53 bits per heavy atom. The predicted molar refractivity (Wildman–Crippen MR) is 52.5 cm³/mol. The van der Waals surface area contributed by atoms with E-state index in [1.165, 1.54) is 0 Å². The number of likely N-dealkylation sites (N-methyl/N-ethyl adjacent to an activating group) is 1. The third-order valence-electron chi connectivity index (χ3n) is 1.70. The Morgan fingerprint density at radius 3 is 2.87 bits per heavy atom. The highest BCUT2D eigenvalue weighted by Crippen LogP contribution is 2.00. The van der Waals surface area contributed by atoms with Crippen molar-refractivity contribution in [3.05, 3.63) is 11.7 Å². The lowest BCUT2D eigenvalue weighted by Crippen LogP contribution is -2.15. The van der Waals surface area contributed by atoms with Crippen LogP contribution in [0.4, 0.5) is 0 Å². The van der Waals surface area contributed by atoms with Gasteiger partial charge < -0.3 is 14.2 Å². The van der Waals surface area contributed by atoms with E-state index in [4.69, 9.17) is 9.26 Å². The highest BCUT2D eigenvalue weighted by molar-refractivity contribution is 5.84. The first kappa shape index (κ1) is 11.6. The Kier molecular flexibility index (Phi) is 4.23. The molecular formula is C9H15N3O3. The summed E-state index contributed by atoms with van der Waals surface area (Å²) in [7, 11) is 3.89. The molecule has 0 aliphatic rings. The molecule has 15 heavy (non-hydrogen) atoms. The Bertz CT molecular complexity index is 322. The third kappa shape index (κ3) is 3.67. The molecule has 0 amide bonds. The maximum absolute atomic E-state index is 11.2. The number of ether oxygens (including phenoxy) is 1. The summed E-state index contributed by atoms with van der Waals surface area (Å²) in [4.78, 5) is 17.1. The van der Waals surface area contributed by atoms with E-state index in [0.29, 0.717) is 18.9 Å². The van der Waals surface area contributed by atoms with Crippen LogP contribution in [0.2, 0.25) is 0 Å². The predicted octanol–water partition coefficient (Wildman–Crippen LogP) is 0.350. The van der Waals surface area contributed by atoms with Crippen LogP contribution in [0.25, 0.3) is 0 Å². The summed E-state index contributed by atoms with van der Waals surface area (Å²) in [6.45, 7) is 2.83. The van der Waals surface area contributed by atoms with Gasteiger partial charge in [0.2, 0.25) is 5.89 Å². The summed E-state index contributed by atoms with van der Waals surface area (Å²) in [6.07, 6.45) is 0.624. The molecule has 0 N–H and O–H groups in total. The molecule has 1 aromatic heterocycles. The molecule has 84 valence electrons. The van der Waals surface area contributed by atoms with E-state index in [-0.39, 0.29) is 5.82 Å². The number of rotatable bonds is 5. The smallest absolute Gasteiger partial charge is 0.379 e. The number of hydrogen-bond donors (Lipinski definition) is 0. The van der Waals surface area contributed by atoms with Crippen LogP contribution in [0.3, 0.4) is 0 Å². The molecule has 6 heteroatoms. The van der Waals surface area contributed by atoms with Gasteiger partial charge in [0.15, 0.2) is 0 Å². The molecule has 0 saturated carbocycles. The summed E-state index contributed by atoms with van der Waals surface area (Å²) in [6, 6.07) is 0. The average Bonchev–Trinajstić information content (AvgIpc) is 2.63. The van der Waals surface area contributed by atoms with E-state index in [0.717, 1.165) is 6.54 Å². The minimum atomic E-state index is -0.544. The molecule has 1 heterocycles. The van der Waals surface area contributed by atoms with Gasteiger partial charge >= 0.3 is 5.97 Å². The van der Waals surface area contributed by atoms with Crippen molar-refractivity contribution < 1.29 is 14.1 Å². The maximum Gasteiger partial charge on any atom is 0.379 e. The fraction of sp³-hybridized carbons (Fsp3) is 0.667. The standard InChI is InChI=1S/C9H15N3O3/c1-4-14-9(13)8-10-7(15-11-8)5-6-12(2)3/h4-6H2,1-3H3. The number of carbonyl (C=O) groups is 1. The van der Waals surface area contributed by atoms with Gasteiger partial charge in [-0.1, -0.05) is 0 Å². The first-order chi connectivity index (χ1) is 7.13. The van der Waals surface area contributed by atoms with Gasteiger partial charge in [-0.3, -0.25) is 0 Å². The summed E-state index contributed by atoms with van der Waals surface area (Å²) < 4.78 is 9.63. The van der Waals surface area contributed by atoms with E-state index in [1.54, 1.807) is 6.92 Å². The number of aromatic nitrogens is 2. The van der Waals surface area contributed by atoms with Gasteiger partial charge in [0.05, 0.1) is 6.61 Å². The monoisotopic (exact) mass is 213 g/mol. The molecule has 6 nitrogen and oxygen atoms in total. The third-order valence-corrected chi connectivity index (χ3v) is 1.70. The van der Waals surface area contributed by atoms with Crippen LogP contribution in [0.1, 0.15) is 23.4 Å². The second-order valence-electron chi connectivity index (χ2n) is 3.29. The van der Waals surface area contributed by atoms with Gasteiger partial charge in [0, 0.05) is 13.0 Å². The van der Waals surface area contributed by atoms with Crippen molar-refractivity contribution in [2.75, 3.05) is 27.2 Å². The van der Waals surface area contributed by atoms with E-state index >= 15 is 0 Å². The number of nitrogens with zero attached hydrogens (tertiary/aromatic N) is 3. The Labute approximate surface area is 88.2 Å². The minimum Gasteiger partial charge on any atom is -0.460 e. The Morgan fingerprint density at radius 2 is 2.27 bits per heavy atom. The number of carbonyl (C=O) groups excluding carboxylic acids is 1. The molecule has 0 atom stereocenters. The molecule has 0 aliphatic heterocycles. The fourth-order valence-electron chi connectivity index (χ4n) is 0.954. The van der Waals surface area contributed by atoms with Gasteiger partial charge in [-0.25, -0.2) is 4.79 Å². The Hall–Kier alpha value is -1.43. The van der Waals surface area contributed by atoms with Crippen molar-refractivity contribution >= 4 is 5.97 Å². The molecule has 1 rings (SSSR count). The van der Waals surface area contributed by atoms with Gasteiger partial charge in [0.1, 0.15) is 0 Å². The van der Waals surface area contributed by atoms with Crippen molar-refractivity contribution in [3.8, 4) is 0 Å². The van der Waals surface area contributed by atoms with Crippen molar-refractivity contribution in [1.82, 2.24) is 15.0 Å². The zero-order valence-electron chi connectivity index (χ0n) is 9.19. The van der Waals surface area contributed by atoms with Crippen LogP contribution >= 0.6 is 0 Å². The summed E-state index contributed by atoms with van der Waals surface area (Å²) >= 11 is 0. The lowest BCUT2D eigenvalue weighted by Gasteiger charge is -2.05. The zero-order valence-corrected chi connectivity index (χ0v) is 9.19. The number of esters is 1. The lowest BCUT2D eigenvalue weighted by molar-refractivity contribution is 0.0508. The summed E-state index contributed by atoms with van der Waals surface area (Å²) in [5.41, 5.74) is 0. The highest BCUT2D eigenvalue weighted by Gasteiger charge is 2.15. The van der Waals surface area contributed by atoms with Gasteiger partial charge in [-0.15, -0.1) is 0 Å². The van der Waals surface area contributed by atoms with E-state index < -0.39 is 5.97 Å². The second kappa shape index (κ2) is 5.45. The van der Waals surface area contributed by atoms with E-state index in [2.05, 4.69) is 10.1 Å². The van der Waals surface area contributed by atoms with Crippen molar-refractivity contribution in [1.29, 1.82) is 0 Å². The van der Waals surface area contributed by atoms with Gasteiger partial charge in [-0.05, 0) is 26.2 Å². The minimum absolute atomic E-state index is 0.00870. The Balaban J connectivity index is 2.52. The highest BCUT2D eigenvalue weighted by atomic mass is 16.5. The normalized spacial score (nSPS) is 10.7. The largest absolute Gasteiger partial charge is 0.460 e. The molecule has 0 aromatic carbocycles.